The van der Waals surface area contributed by atoms with Crippen LogP contribution in [0.15, 0.2) is 24.3 Å². The van der Waals surface area contributed by atoms with E-state index in [4.69, 9.17) is 9.47 Å². The fraction of sp³-hybridized carbons (Fsp3) is 0.417. The Morgan fingerprint density at radius 3 is 2.60 bits per heavy atom. The van der Waals surface area contributed by atoms with Crippen LogP contribution in [-0.4, -0.2) is 19.7 Å². The van der Waals surface area contributed by atoms with Gasteiger partial charge in [0.05, 0.1) is 19.1 Å². The van der Waals surface area contributed by atoms with E-state index in [1.54, 1.807) is 7.11 Å². The number of hydrogen-bond acceptors (Lipinski definition) is 3. The summed E-state index contributed by atoms with van der Waals surface area (Å²) in [6, 6.07) is 7.72. The van der Waals surface area contributed by atoms with Gasteiger partial charge in [-0.15, -0.1) is 0 Å². The molecule has 2 unspecified atom stereocenters. The van der Waals surface area contributed by atoms with Crippen molar-refractivity contribution in [3.05, 3.63) is 29.8 Å². The van der Waals surface area contributed by atoms with Gasteiger partial charge >= 0.3 is 5.97 Å². The molecule has 1 aliphatic carbocycles. The average molecular weight is 204 g/mol. The summed E-state index contributed by atoms with van der Waals surface area (Å²) in [4.78, 5) is 11.6. The fourth-order valence-corrected chi connectivity index (χ4v) is 2.45. The van der Waals surface area contributed by atoms with Crippen molar-refractivity contribution in [3.8, 4) is 5.75 Å². The lowest BCUT2D eigenvalue weighted by atomic mass is 9.95. The second-order valence-corrected chi connectivity index (χ2v) is 4.20. The molecule has 1 aromatic rings. The molecule has 0 N–H and O–H groups in total. The van der Waals surface area contributed by atoms with E-state index in [-0.39, 0.29) is 11.4 Å². The third-order valence-electron chi connectivity index (χ3n) is 3.49. The zero-order valence-corrected chi connectivity index (χ0v) is 8.53. The molecule has 0 bridgehead atoms. The lowest BCUT2D eigenvalue weighted by molar-refractivity contribution is -0.142. The predicted octanol–water partition coefficient (Wildman–Crippen LogP) is 1.51. The molecule has 2 aliphatic rings. The molecule has 2 fully saturated rings. The molecule has 0 radical (unpaired) electrons. The first-order chi connectivity index (χ1) is 7.27. The lowest BCUT2D eigenvalue weighted by Gasteiger charge is -2.09. The molecule has 0 spiro atoms. The molecule has 0 aromatic heterocycles. The van der Waals surface area contributed by atoms with Gasteiger partial charge in [-0.25, -0.2) is 0 Å². The average Bonchev–Trinajstić information content (AvgIpc) is 2.94. The van der Waals surface area contributed by atoms with Gasteiger partial charge in [0.1, 0.15) is 5.75 Å². The van der Waals surface area contributed by atoms with Crippen molar-refractivity contribution >= 4 is 5.97 Å². The standard InChI is InChI=1S/C12H12O3/c1-14-10-4-2-8(3-5-10)12-6-9(12)7-15-11(12)13/h2-5,9H,6-7H2,1H3. The number of rotatable bonds is 2. The van der Waals surface area contributed by atoms with Gasteiger partial charge in [-0.2, -0.15) is 0 Å². The first-order valence-corrected chi connectivity index (χ1v) is 5.09. The molecule has 3 nitrogen and oxygen atoms in total. The quantitative estimate of drug-likeness (QED) is 0.685. The number of fused-ring (bicyclic) bond motifs is 1. The number of carbonyl (C=O) groups is 1. The number of carbonyl (C=O) groups excluding carboxylic acids is 1. The molecule has 1 saturated heterocycles. The minimum absolute atomic E-state index is 0.0577. The Morgan fingerprint density at radius 1 is 1.40 bits per heavy atom. The molecule has 78 valence electrons. The van der Waals surface area contributed by atoms with Crippen molar-refractivity contribution in [1.82, 2.24) is 0 Å². The van der Waals surface area contributed by atoms with Crippen LogP contribution in [0.25, 0.3) is 0 Å². The van der Waals surface area contributed by atoms with Crippen LogP contribution in [-0.2, 0) is 14.9 Å². The van der Waals surface area contributed by atoms with Crippen LogP contribution in [0.5, 0.6) is 5.75 Å². The lowest BCUT2D eigenvalue weighted by Crippen LogP contribution is -2.18. The van der Waals surface area contributed by atoms with E-state index in [0.717, 1.165) is 17.7 Å². The maximum Gasteiger partial charge on any atom is 0.317 e. The first kappa shape index (κ1) is 8.77. The summed E-state index contributed by atoms with van der Waals surface area (Å²) >= 11 is 0. The highest BCUT2D eigenvalue weighted by Crippen LogP contribution is 2.59. The van der Waals surface area contributed by atoms with Gasteiger partial charge in [-0.05, 0) is 24.1 Å². The Labute approximate surface area is 88.0 Å². The van der Waals surface area contributed by atoms with E-state index in [1.165, 1.54) is 0 Å². The molecule has 15 heavy (non-hydrogen) atoms. The molecule has 2 atom stereocenters. The Kier molecular flexibility index (Phi) is 1.61. The highest BCUT2D eigenvalue weighted by atomic mass is 16.5. The largest absolute Gasteiger partial charge is 0.497 e. The van der Waals surface area contributed by atoms with E-state index in [1.807, 2.05) is 24.3 Å². The van der Waals surface area contributed by atoms with Gasteiger partial charge < -0.3 is 9.47 Å². The van der Waals surface area contributed by atoms with Crippen LogP contribution in [0.1, 0.15) is 12.0 Å². The number of ether oxygens (including phenoxy) is 2. The number of hydrogen-bond donors (Lipinski definition) is 0. The maximum absolute atomic E-state index is 11.6. The smallest absolute Gasteiger partial charge is 0.317 e. The molecule has 1 aromatic carbocycles. The highest BCUT2D eigenvalue weighted by Gasteiger charge is 2.66. The minimum atomic E-state index is -0.313. The van der Waals surface area contributed by atoms with Crippen molar-refractivity contribution in [3.63, 3.8) is 0 Å². The van der Waals surface area contributed by atoms with Crippen LogP contribution < -0.4 is 4.74 Å². The Morgan fingerprint density at radius 2 is 2.13 bits per heavy atom. The molecule has 3 rings (SSSR count). The van der Waals surface area contributed by atoms with Gasteiger partial charge in [0.2, 0.25) is 0 Å². The van der Waals surface area contributed by atoms with Crippen molar-refractivity contribution in [2.24, 2.45) is 5.92 Å². The van der Waals surface area contributed by atoms with Crippen LogP contribution in [0.4, 0.5) is 0 Å². The summed E-state index contributed by atoms with van der Waals surface area (Å²) in [5.41, 5.74) is 0.752. The van der Waals surface area contributed by atoms with E-state index < -0.39 is 0 Å². The van der Waals surface area contributed by atoms with Crippen LogP contribution in [0.2, 0.25) is 0 Å². The zero-order valence-electron chi connectivity index (χ0n) is 8.53. The van der Waals surface area contributed by atoms with Gasteiger partial charge in [-0.1, -0.05) is 12.1 Å². The van der Waals surface area contributed by atoms with Gasteiger partial charge in [0.25, 0.3) is 0 Å². The third-order valence-corrected chi connectivity index (χ3v) is 3.49. The van der Waals surface area contributed by atoms with E-state index in [9.17, 15) is 4.79 Å². The van der Waals surface area contributed by atoms with Crippen LogP contribution in [0, 0.1) is 5.92 Å². The van der Waals surface area contributed by atoms with Gasteiger partial charge in [-0.3, -0.25) is 4.79 Å². The van der Waals surface area contributed by atoms with Gasteiger partial charge in [0.15, 0.2) is 0 Å². The molecule has 3 heteroatoms. The van der Waals surface area contributed by atoms with Gasteiger partial charge in [0, 0.05) is 5.92 Å². The summed E-state index contributed by atoms with van der Waals surface area (Å²) < 4.78 is 10.1. The monoisotopic (exact) mass is 204 g/mol. The molecule has 1 heterocycles. The molecular weight excluding hydrogens is 192 g/mol. The SMILES string of the molecule is COc1ccc(C23CC2COC3=O)cc1. The van der Waals surface area contributed by atoms with Crippen molar-refractivity contribution in [1.29, 1.82) is 0 Å². The van der Waals surface area contributed by atoms with E-state index >= 15 is 0 Å². The van der Waals surface area contributed by atoms with E-state index in [0.29, 0.717) is 12.5 Å². The Bertz CT molecular complexity index is 409. The summed E-state index contributed by atoms with van der Waals surface area (Å²) in [7, 11) is 1.64. The van der Waals surface area contributed by atoms with Crippen LogP contribution >= 0.6 is 0 Å². The first-order valence-electron chi connectivity index (χ1n) is 5.09. The predicted molar refractivity (Wildman–Crippen MR) is 53.7 cm³/mol. The highest BCUT2D eigenvalue weighted by molar-refractivity contribution is 5.89. The number of cyclic esters (lactones) is 1. The van der Waals surface area contributed by atoms with E-state index in [2.05, 4.69) is 0 Å². The summed E-state index contributed by atoms with van der Waals surface area (Å²) in [5.74, 6) is 1.16. The van der Waals surface area contributed by atoms with Crippen molar-refractivity contribution in [2.75, 3.05) is 13.7 Å². The summed E-state index contributed by atoms with van der Waals surface area (Å²) in [6.45, 7) is 0.588. The topological polar surface area (TPSA) is 35.5 Å². The molecule has 1 aliphatic heterocycles. The Balaban J connectivity index is 1.97. The van der Waals surface area contributed by atoms with Crippen molar-refractivity contribution in [2.45, 2.75) is 11.8 Å². The maximum atomic E-state index is 11.6. The van der Waals surface area contributed by atoms with Crippen LogP contribution in [0.3, 0.4) is 0 Å². The normalized spacial score (nSPS) is 32.1. The molecular formula is C12H12O3. The third kappa shape index (κ3) is 1.03. The fourth-order valence-electron chi connectivity index (χ4n) is 2.45. The Hall–Kier alpha value is -1.51. The number of benzene rings is 1. The van der Waals surface area contributed by atoms with Crippen molar-refractivity contribution < 1.29 is 14.3 Å². The second kappa shape index (κ2) is 2.75. The minimum Gasteiger partial charge on any atom is -0.497 e. The number of esters is 1. The number of methoxy groups -OCH3 is 1. The molecule has 1 saturated carbocycles. The summed E-state index contributed by atoms with van der Waals surface area (Å²) in [5, 5.41) is 0. The summed E-state index contributed by atoms with van der Waals surface area (Å²) in [6.07, 6.45) is 0.943. The zero-order chi connectivity index (χ0) is 10.5. The molecule has 0 amide bonds. The second-order valence-electron chi connectivity index (χ2n) is 4.20.